The minimum atomic E-state index is -0.279. The largest absolute Gasteiger partial charge is 0.324 e. The smallest absolute Gasteiger partial charge is 0.323 e. The molecule has 8 heteroatoms. The number of hydrogen-bond donors (Lipinski definition) is 2. The number of fused-ring (bicyclic) bond motifs is 1. The summed E-state index contributed by atoms with van der Waals surface area (Å²) in [7, 11) is 1.82. The molecule has 2 saturated heterocycles. The first-order valence-electron chi connectivity index (χ1n) is 9.15. The van der Waals surface area contributed by atoms with Crippen LogP contribution in [0.1, 0.15) is 12.6 Å². The Kier molecular flexibility index (Phi) is 5.72. The Morgan fingerprint density at radius 1 is 1.26 bits per heavy atom. The first-order chi connectivity index (χ1) is 12.6. The molecule has 2 amide bonds. The van der Waals surface area contributed by atoms with Crippen LogP contribution in [0.4, 0.5) is 15.0 Å². The van der Waals surface area contributed by atoms with E-state index in [0.717, 1.165) is 49.4 Å². The number of amides is 2. The zero-order valence-electron chi connectivity index (χ0n) is 15.5. The maximum Gasteiger partial charge on any atom is 0.323 e. The Hall–Kier alpha value is -2.12. The molecule has 6 nitrogen and oxygen atoms in total. The average molecular weight is 394 g/mol. The zero-order chi connectivity index (χ0) is 18.3. The van der Waals surface area contributed by atoms with Gasteiger partial charge in [-0.05, 0) is 36.0 Å². The Morgan fingerprint density at radius 3 is 2.48 bits per heavy atom. The van der Waals surface area contributed by atoms with Crippen LogP contribution in [0.2, 0.25) is 0 Å². The minimum absolute atomic E-state index is 0. The zero-order valence-corrected chi connectivity index (χ0v) is 16.4. The highest BCUT2D eigenvalue weighted by atomic mass is 35.5. The molecule has 2 N–H and O–H groups in total. The SMILES string of the molecule is CCc1nn(C)c(NC(=O)N2C[C@H]3CNC[C@H]3C2)c1-c1ccc(F)cc1.Cl. The molecule has 4 rings (SSSR count). The van der Waals surface area contributed by atoms with Crippen LogP contribution in [0, 0.1) is 17.7 Å². The first-order valence-corrected chi connectivity index (χ1v) is 9.15. The highest BCUT2D eigenvalue weighted by Gasteiger charge is 2.38. The van der Waals surface area contributed by atoms with E-state index >= 15 is 0 Å². The summed E-state index contributed by atoms with van der Waals surface area (Å²) in [5.41, 5.74) is 2.61. The van der Waals surface area contributed by atoms with Gasteiger partial charge in [0.15, 0.2) is 0 Å². The predicted molar refractivity (Wildman–Crippen MR) is 106 cm³/mol. The summed E-state index contributed by atoms with van der Waals surface area (Å²) >= 11 is 0. The van der Waals surface area contributed by atoms with Crippen LogP contribution in [-0.2, 0) is 13.5 Å². The van der Waals surface area contributed by atoms with Gasteiger partial charge in [-0.2, -0.15) is 5.10 Å². The third-order valence-electron chi connectivity index (χ3n) is 5.49. The number of nitrogens with zero attached hydrogens (tertiary/aromatic N) is 3. The number of benzene rings is 1. The minimum Gasteiger partial charge on any atom is -0.324 e. The Balaban J connectivity index is 0.00000210. The summed E-state index contributed by atoms with van der Waals surface area (Å²) in [5.74, 6) is 1.48. The van der Waals surface area contributed by atoms with Crippen molar-refractivity contribution in [3.63, 3.8) is 0 Å². The number of likely N-dealkylation sites (tertiary alicyclic amines) is 1. The van der Waals surface area contributed by atoms with Gasteiger partial charge in [-0.3, -0.25) is 10.00 Å². The van der Waals surface area contributed by atoms with Crippen LogP contribution >= 0.6 is 12.4 Å². The van der Waals surface area contributed by atoms with E-state index < -0.39 is 0 Å². The average Bonchev–Trinajstić information content (AvgIpc) is 3.30. The monoisotopic (exact) mass is 393 g/mol. The van der Waals surface area contributed by atoms with Gasteiger partial charge in [0, 0.05) is 38.8 Å². The first kappa shape index (κ1) is 19.6. The standard InChI is InChI=1S/C19H24FN5O.ClH/c1-3-16-17(12-4-6-15(20)7-5-12)18(24(2)23-16)22-19(26)25-10-13-8-21-9-14(13)11-25;/h4-7,13-14,21H,3,8-11H2,1-2H3,(H,22,26);1H/t13-,14+;. The van der Waals surface area contributed by atoms with Gasteiger partial charge in [0.1, 0.15) is 11.6 Å². The molecule has 0 saturated carbocycles. The van der Waals surface area contributed by atoms with Crippen LogP contribution in [0.5, 0.6) is 0 Å². The van der Waals surface area contributed by atoms with Crippen molar-refractivity contribution < 1.29 is 9.18 Å². The van der Waals surface area contributed by atoms with Crippen molar-refractivity contribution in [3.05, 3.63) is 35.8 Å². The lowest BCUT2D eigenvalue weighted by molar-refractivity contribution is 0.219. The number of nitrogens with one attached hydrogen (secondary N) is 2. The molecule has 2 aliphatic heterocycles. The van der Waals surface area contributed by atoms with Gasteiger partial charge < -0.3 is 10.2 Å². The maximum atomic E-state index is 13.3. The Labute approximate surface area is 164 Å². The number of carbonyl (C=O) groups is 1. The summed E-state index contributed by atoms with van der Waals surface area (Å²) in [6.07, 6.45) is 0.732. The molecule has 2 fully saturated rings. The maximum absolute atomic E-state index is 13.3. The van der Waals surface area contributed by atoms with E-state index in [-0.39, 0.29) is 24.3 Å². The van der Waals surface area contributed by atoms with Crippen molar-refractivity contribution in [2.45, 2.75) is 13.3 Å². The quantitative estimate of drug-likeness (QED) is 0.842. The van der Waals surface area contributed by atoms with Crippen LogP contribution in [0.25, 0.3) is 11.1 Å². The van der Waals surface area contributed by atoms with Crippen molar-refractivity contribution in [1.29, 1.82) is 0 Å². The molecular weight excluding hydrogens is 369 g/mol. The van der Waals surface area contributed by atoms with E-state index in [1.165, 1.54) is 12.1 Å². The normalized spacial score (nSPS) is 21.1. The van der Waals surface area contributed by atoms with Gasteiger partial charge in [0.2, 0.25) is 0 Å². The molecule has 2 aliphatic rings. The summed E-state index contributed by atoms with van der Waals surface area (Å²) in [4.78, 5) is 14.7. The van der Waals surface area contributed by atoms with Crippen molar-refractivity contribution in [2.24, 2.45) is 18.9 Å². The molecular formula is C19H25ClFN5O. The van der Waals surface area contributed by atoms with Crippen molar-refractivity contribution in [1.82, 2.24) is 20.0 Å². The van der Waals surface area contributed by atoms with Gasteiger partial charge in [-0.1, -0.05) is 19.1 Å². The molecule has 0 unspecified atom stereocenters. The van der Waals surface area contributed by atoms with Gasteiger partial charge >= 0.3 is 6.03 Å². The number of carbonyl (C=O) groups excluding carboxylic acids is 1. The number of anilines is 1. The summed E-state index contributed by atoms with van der Waals surface area (Å²) < 4.78 is 15.0. The molecule has 3 heterocycles. The summed E-state index contributed by atoms with van der Waals surface area (Å²) in [6.45, 7) is 5.57. The molecule has 2 atom stereocenters. The Bertz CT molecular complexity index is 810. The third-order valence-corrected chi connectivity index (χ3v) is 5.49. The third kappa shape index (κ3) is 3.66. The number of urea groups is 1. The second-order valence-corrected chi connectivity index (χ2v) is 7.17. The second-order valence-electron chi connectivity index (χ2n) is 7.17. The fourth-order valence-corrected chi connectivity index (χ4v) is 4.09. The van der Waals surface area contributed by atoms with E-state index in [4.69, 9.17) is 0 Å². The highest BCUT2D eigenvalue weighted by molar-refractivity contribution is 5.94. The number of rotatable bonds is 3. The molecule has 2 aromatic rings. The van der Waals surface area contributed by atoms with E-state index in [2.05, 4.69) is 15.7 Å². The molecule has 0 aliphatic carbocycles. The van der Waals surface area contributed by atoms with Crippen LogP contribution in [0.3, 0.4) is 0 Å². The van der Waals surface area contributed by atoms with Gasteiger partial charge in [-0.25, -0.2) is 9.18 Å². The van der Waals surface area contributed by atoms with E-state index in [0.29, 0.717) is 17.7 Å². The van der Waals surface area contributed by atoms with E-state index in [1.807, 2.05) is 18.9 Å². The van der Waals surface area contributed by atoms with Gasteiger partial charge in [-0.15, -0.1) is 12.4 Å². The van der Waals surface area contributed by atoms with E-state index in [1.54, 1.807) is 16.8 Å². The van der Waals surface area contributed by atoms with Gasteiger partial charge in [0.05, 0.1) is 5.69 Å². The lowest BCUT2D eigenvalue weighted by Crippen LogP contribution is -2.35. The van der Waals surface area contributed by atoms with Crippen LogP contribution in [0.15, 0.2) is 24.3 Å². The molecule has 27 heavy (non-hydrogen) atoms. The van der Waals surface area contributed by atoms with Crippen molar-refractivity contribution in [3.8, 4) is 11.1 Å². The molecule has 1 aromatic carbocycles. The predicted octanol–water partition coefficient (Wildman–Crippen LogP) is 2.89. The molecule has 1 aromatic heterocycles. The van der Waals surface area contributed by atoms with Crippen LogP contribution in [-0.4, -0.2) is 46.9 Å². The number of aromatic nitrogens is 2. The summed E-state index contributed by atoms with van der Waals surface area (Å²) in [5, 5.41) is 11.0. The number of halogens is 2. The molecule has 0 radical (unpaired) electrons. The molecule has 146 valence electrons. The lowest BCUT2D eigenvalue weighted by atomic mass is 10.0. The fourth-order valence-electron chi connectivity index (χ4n) is 4.09. The van der Waals surface area contributed by atoms with Crippen LogP contribution < -0.4 is 10.6 Å². The number of hydrogen-bond acceptors (Lipinski definition) is 3. The second kappa shape index (κ2) is 7.86. The van der Waals surface area contributed by atoms with E-state index in [9.17, 15) is 9.18 Å². The number of aryl methyl sites for hydroxylation is 2. The van der Waals surface area contributed by atoms with Crippen molar-refractivity contribution in [2.75, 3.05) is 31.5 Å². The van der Waals surface area contributed by atoms with Crippen molar-refractivity contribution >= 4 is 24.3 Å². The summed E-state index contributed by atoms with van der Waals surface area (Å²) in [6, 6.07) is 6.23. The molecule has 0 bridgehead atoms. The fraction of sp³-hybridized carbons (Fsp3) is 0.474. The lowest BCUT2D eigenvalue weighted by Gasteiger charge is -2.19. The highest BCUT2D eigenvalue weighted by Crippen LogP contribution is 2.33. The van der Waals surface area contributed by atoms with Gasteiger partial charge in [0.25, 0.3) is 0 Å². The topological polar surface area (TPSA) is 62.2 Å². The molecule has 0 spiro atoms. The Morgan fingerprint density at radius 2 is 1.89 bits per heavy atom.